The van der Waals surface area contributed by atoms with Crippen molar-refractivity contribution >= 4 is 5.78 Å². The minimum Gasteiger partial charge on any atom is -0.299 e. The molecule has 2 aromatic rings. The molecule has 3 nitrogen and oxygen atoms in total. The highest BCUT2D eigenvalue weighted by molar-refractivity contribution is 5.82. The van der Waals surface area contributed by atoms with Crippen LogP contribution in [0, 0.1) is 18.6 Å². The maximum Gasteiger partial charge on any atom is 0.159 e. The maximum absolute atomic E-state index is 13.0. The molecule has 0 fully saturated rings. The summed E-state index contributed by atoms with van der Waals surface area (Å²) in [5, 5.41) is 4.15. The SMILES string of the molecule is Cc1cc(CC(=O)Cc2ccc(F)c(F)c2)n(C)n1. The van der Waals surface area contributed by atoms with Crippen LogP contribution in [0.4, 0.5) is 8.78 Å². The Morgan fingerprint density at radius 1 is 1.21 bits per heavy atom. The predicted octanol–water partition coefficient (Wildman–Crippen LogP) is 2.36. The number of aromatic nitrogens is 2. The fourth-order valence-electron chi connectivity index (χ4n) is 1.97. The lowest BCUT2D eigenvalue weighted by Gasteiger charge is -2.03. The molecule has 0 unspecified atom stereocenters. The molecule has 0 amide bonds. The van der Waals surface area contributed by atoms with E-state index in [2.05, 4.69) is 5.10 Å². The normalized spacial score (nSPS) is 10.7. The third-order valence-electron chi connectivity index (χ3n) is 2.86. The lowest BCUT2D eigenvalue weighted by molar-refractivity contribution is -0.117. The van der Waals surface area contributed by atoms with Crippen LogP contribution in [0.1, 0.15) is 17.0 Å². The number of aryl methyl sites for hydroxylation is 2. The quantitative estimate of drug-likeness (QED) is 0.849. The molecule has 0 aliphatic carbocycles. The van der Waals surface area contributed by atoms with E-state index in [1.54, 1.807) is 11.7 Å². The highest BCUT2D eigenvalue weighted by Gasteiger charge is 2.11. The number of Topliss-reactive ketones (excluding diaryl/α,β-unsaturated/α-hetero) is 1. The summed E-state index contributed by atoms with van der Waals surface area (Å²) in [6.07, 6.45) is 0.317. The molecule has 0 saturated heterocycles. The lowest BCUT2D eigenvalue weighted by atomic mass is 10.1. The second kappa shape index (κ2) is 5.30. The Bertz CT molecular complexity index is 620. The molecule has 19 heavy (non-hydrogen) atoms. The molecule has 0 spiro atoms. The molecule has 1 aromatic carbocycles. The van der Waals surface area contributed by atoms with Crippen molar-refractivity contribution in [2.75, 3.05) is 0 Å². The third-order valence-corrected chi connectivity index (χ3v) is 2.86. The van der Waals surface area contributed by atoms with Gasteiger partial charge in [-0.3, -0.25) is 9.48 Å². The van der Waals surface area contributed by atoms with E-state index in [0.717, 1.165) is 23.5 Å². The standard InChI is InChI=1S/C14H14F2N2O/c1-9-5-11(18(2)17-9)8-12(19)6-10-3-4-13(15)14(16)7-10/h3-5,7H,6,8H2,1-2H3. The summed E-state index contributed by atoms with van der Waals surface area (Å²) in [5.41, 5.74) is 2.13. The fraction of sp³-hybridized carbons (Fsp3) is 0.286. The number of hydrogen-bond acceptors (Lipinski definition) is 2. The Morgan fingerprint density at radius 3 is 2.53 bits per heavy atom. The van der Waals surface area contributed by atoms with Gasteiger partial charge < -0.3 is 0 Å². The van der Waals surface area contributed by atoms with Crippen LogP contribution in [-0.2, 0) is 24.7 Å². The number of carbonyl (C=O) groups is 1. The largest absolute Gasteiger partial charge is 0.299 e. The topological polar surface area (TPSA) is 34.9 Å². The average Bonchev–Trinajstić information content (AvgIpc) is 2.62. The van der Waals surface area contributed by atoms with E-state index < -0.39 is 11.6 Å². The molecule has 1 aromatic heterocycles. The van der Waals surface area contributed by atoms with Crippen LogP contribution in [0.15, 0.2) is 24.3 Å². The van der Waals surface area contributed by atoms with Crippen molar-refractivity contribution in [2.24, 2.45) is 7.05 Å². The molecular weight excluding hydrogens is 250 g/mol. The number of nitrogens with zero attached hydrogens (tertiary/aromatic N) is 2. The van der Waals surface area contributed by atoms with E-state index in [-0.39, 0.29) is 18.6 Å². The molecule has 0 aliphatic rings. The Kier molecular flexibility index (Phi) is 3.74. The Labute approximate surface area is 109 Å². The van der Waals surface area contributed by atoms with Crippen LogP contribution in [0.25, 0.3) is 0 Å². The third kappa shape index (κ3) is 3.24. The van der Waals surface area contributed by atoms with Crippen LogP contribution in [0.2, 0.25) is 0 Å². The van der Waals surface area contributed by atoms with Gasteiger partial charge in [-0.1, -0.05) is 6.07 Å². The first-order chi connectivity index (χ1) is 8.95. The summed E-state index contributed by atoms with van der Waals surface area (Å²) in [7, 11) is 1.77. The summed E-state index contributed by atoms with van der Waals surface area (Å²) in [6, 6.07) is 5.35. The second-order valence-corrected chi connectivity index (χ2v) is 4.54. The molecule has 0 bridgehead atoms. The fourth-order valence-corrected chi connectivity index (χ4v) is 1.97. The zero-order chi connectivity index (χ0) is 14.0. The molecular formula is C14H14F2N2O. The number of carbonyl (C=O) groups excluding carboxylic acids is 1. The van der Waals surface area contributed by atoms with E-state index in [1.807, 2.05) is 13.0 Å². The number of benzene rings is 1. The Morgan fingerprint density at radius 2 is 1.95 bits per heavy atom. The first kappa shape index (κ1) is 13.4. The van der Waals surface area contributed by atoms with Gasteiger partial charge in [0.2, 0.25) is 0 Å². The van der Waals surface area contributed by atoms with Crippen LogP contribution in [0.5, 0.6) is 0 Å². The highest BCUT2D eigenvalue weighted by Crippen LogP contribution is 2.11. The summed E-state index contributed by atoms with van der Waals surface area (Å²) >= 11 is 0. The first-order valence-electron chi connectivity index (χ1n) is 5.91. The Balaban J connectivity index is 2.05. The second-order valence-electron chi connectivity index (χ2n) is 4.54. The average molecular weight is 264 g/mol. The summed E-state index contributed by atoms with van der Waals surface area (Å²) in [6.45, 7) is 1.85. The van der Waals surface area contributed by atoms with Crippen molar-refractivity contribution in [1.29, 1.82) is 0 Å². The van der Waals surface area contributed by atoms with E-state index in [4.69, 9.17) is 0 Å². The van der Waals surface area contributed by atoms with Crippen LogP contribution < -0.4 is 0 Å². The van der Waals surface area contributed by atoms with Gasteiger partial charge in [0.05, 0.1) is 5.69 Å². The summed E-state index contributed by atoms with van der Waals surface area (Å²) < 4.78 is 27.4. The zero-order valence-electron chi connectivity index (χ0n) is 10.8. The van der Waals surface area contributed by atoms with E-state index in [9.17, 15) is 13.6 Å². The first-order valence-corrected chi connectivity index (χ1v) is 5.91. The molecule has 0 aliphatic heterocycles. The van der Waals surface area contributed by atoms with Crippen molar-refractivity contribution in [3.8, 4) is 0 Å². The van der Waals surface area contributed by atoms with Gasteiger partial charge >= 0.3 is 0 Å². The van der Waals surface area contributed by atoms with Crippen LogP contribution >= 0.6 is 0 Å². The highest BCUT2D eigenvalue weighted by atomic mass is 19.2. The molecule has 0 N–H and O–H groups in total. The monoisotopic (exact) mass is 264 g/mol. The van der Waals surface area contributed by atoms with Crippen molar-refractivity contribution in [3.05, 3.63) is 52.9 Å². The summed E-state index contributed by atoms with van der Waals surface area (Å²) in [5.74, 6) is -1.89. The van der Waals surface area contributed by atoms with E-state index in [1.165, 1.54) is 6.07 Å². The molecule has 5 heteroatoms. The van der Waals surface area contributed by atoms with Crippen molar-refractivity contribution in [3.63, 3.8) is 0 Å². The van der Waals surface area contributed by atoms with Gasteiger partial charge in [-0.05, 0) is 30.7 Å². The molecule has 2 rings (SSSR count). The molecule has 0 atom stereocenters. The van der Waals surface area contributed by atoms with Gasteiger partial charge in [-0.2, -0.15) is 5.10 Å². The molecule has 1 heterocycles. The van der Waals surface area contributed by atoms with Gasteiger partial charge in [0, 0.05) is 25.6 Å². The van der Waals surface area contributed by atoms with Crippen molar-refractivity contribution in [1.82, 2.24) is 9.78 Å². The summed E-state index contributed by atoms with van der Waals surface area (Å²) in [4.78, 5) is 11.9. The minimum atomic E-state index is -0.929. The van der Waals surface area contributed by atoms with E-state index >= 15 is 0 Å². The van der Waals surface area contributed by atoms with Crippen molar-refractivity contribution in [2.45, 2.75) is 19.8 Å². The number of halogens is 2. The van der Waals surface area contributed by atoms with Gasteiger partial charge in [-0.15, -0.1) is 0 Å². The van der Waals surface area contributed by atoms with Gasteiger partial charge in [-0.25, -0.2) is 8.78 Å². The number of rotatable bonds is 4. The van der Waals surface area contributed by atoms with Crippen LogP contribution in [0.3, 0.4) is 0 Å². The predicted molar refractivity (Wildman–Crippen MR) is 66.7 cm³/mol. The molecule has 100 valence electrons. The smallest absolute Gasteiger partial charge is 0.159 e. The van der Waals surface area contributed by atoms with Gasteiger partial charge in [0.1, 0.15) is 5.78 Å². The zero-order valence-corrected chi connectivity index (χ0v) is 10.8. The Hall–Kier alpha value is -2.04. The van der Waals surface area contributed by atoms with Gasteiger partial charge in [0.25, 0.3) is 0 Å². The van der Waals surface area contributed by atoms with Crippen LogP contribution in [-0.4, -0.2) is 15.6 Å². The molecule has 0 saturated carbocycles. The van der Waals surface area contributed by atoms with Crippen molar-refractivity contribution < 1.29 is 13.6 Å². The molecule has 0 radical (unpaired) electrons. The van der Waals surface area contributed by atoms with Gasteiger partial charge in [0.15, 0.2) is 11.6 Å². The maximum atomic E-state index is 13.0. The number of ketones is 1. The van der Waals surface area contributed by atoms with E-state index in [0.29, 0.717) is 5.56 Å². The minimum absolute atomic E-state index is 0.0611. The lowest BCUT2D eigenvalue weighted by Crippen LogP contribution is -2.10. The number of hydrogen-bond donors (Lipinski definition) is 0.